The van der Waals surface area contributed by atoms with Gasteiger partial charge in [-0.1, -0.05) is 11.6 Å². The maximum absolute atomic E-state index is 12.8. The van der Waals surface area contributed by atoms with E-state index in [1.54, 1.807) is 6.92 Å². The number of alkyl halides is 3. The zero-order chi connectivity index (χ0) is 13.0. The zero-order valence-corrected chi connectivity index (χ0v) is 10.4. The third kappa shape index (κ3) is 3.26. The third-order valence-electron chi connectivity index (χ3n) is 1.92. The Morgan fingerprint density at radius 3 is 2.71 bits per heavy atom. The summed E-state index contributed by atoms with van der Waals surface area (Å²) in [6.07, 6.45) is -2.90. The summed E-state index contributed by atoms with van der Waals surface area (Å²) in [7, 11) is 0. The summed E-state index contributed by atoms with van der Waals surface area (Å²) in [4.78, 5) is 15.2. The van der Waals surface area contributed by atoms with Gasteiger partial charge in [0.2, 0.25) is 0 Å². The van der Waals surface area contributed by atoms with Gasteiger partial charge in [0.05, 0.1) is 29.3 Å². The van der Waals surface area contributed by atoms with Crippen molar-refractivity contribution in [3.05, 3.63) is 28.0 Å². The fourth-order valence-corrected chi connectivity index (χ4v) is 1.66. The summed E-state index contributed by atoms with van der Waals surface area (Å²) < 4.78 is 30.2. The minimum absolute atomic E-state index is 0.0321. The van der Waals surface area contributed by atoms with Gasteiger partial charge in [-0.2, -0.15) is 0 Å². The predicted octanol–water partition coefficient (Wildman–Crippen LogP) is 3.59. The Morgan fingerprint density at radius 2 is 2.24 bits per heavy atom. The molecule has 0 aliphatic rings. The van der Waals surface area contributed by atoms with Crippen molar-refractivity contribution >= 4 is 29.2 Å². The van der Waals surface area contributed by atoms with Crippen LogP contribution >= 0.6 is 23.2 Å². The van der Waals surface area contributed by atoms with Gasteiger partial charge in [-0.05, 0) is 13.0 Å². The largest absolute Gasteiger partial charge is 0.462 e. The quantitative estimate of drug-likeness (QED) is 0.482. The monoisotopic (exact) mass is 283 g/mol. The van der Waals surface area contributed by atoms with Crippen molar-refractivity contribution < 1.29 is 18.3 Å². The number of hydrogen-bond acceptors (Lipinski definition) is 3. The third-order valence-corrected chi connectivity index (χ3v) is 2.48. The number of carbonyl (C=O) groups is 1. The number of ether oxygens (including phenoxy) is 1. The van der Waals surface area contributed by atoms with Crippen LogP contribution in [-0.2, 0) is 10.6 Å². The number of rotatable bonds is 4. The standard InChI is InChI=1S/C10H9Cl2F2NO2/c1-2-17-10(16)6-3-5(4-11)15-8(12)7(6)9(13)14/h3,9H,2,4H2,1H3. The Balaban J connectivity index is 3.32. The summed E-state index contributed by atoms with van der Waals surface area (Å²) >= 11 is 11.1. The maximum atomic E-state index is 12.8. The van der Waals surface area contributed by atoms with Crippen molar-refractivity contribution in [1.82, 2.24) is 4.98 Å². The minimum Gasteiger partial charge on any atom is -0.462 e. The van der Waals surface area contributed by atoms with Crippen molar-refractivity contribution in [3.8, 4) is 0 Å². The van der Waals surface area contributed by atoms with Crippen molar-refractivity contribution in [3.63, 3.8) is 0 Å². The molecule has 0 aliphatic carbocycles. The van der Waals surface area contributed by atoms with Gasteiger partial charge in [0.25, 0.3) is 6.43 Å². The Bertz CT molecular complexity index is 427. The van der Waals surface area contributed by atoms with Gasteiger partial charge in [-0.15, -0.1) is 11.6 Å². The summed E-state index contributed by atoms with van der Waals surface area (Å²) in [5, 5.41) is -0.429. The van der Waals surface area contributed by atoms with Crippen LogP contribution in [0.2, 0.25) is 5.15 Å². The van der Waals surface area contributed by atoms with Crippen molar-refractivity contribution in [1.29, 1.82) is 0 Å². The topological polar surface area (TPSA) is 39.2 Å². The Morgan fingerprint density at radius 1 is 1.59 bits per heavy atom. The Hall–Kier alpha value is -0.940. The molecule has 0 bridgehead atoms. The second kappa shape index (κ2) is 6.12. The van der Waals surface area contributed by atoms with E-state index in [0.717, 1.165) is 0 Å². The van der Waals surface area contributed by atoms with E-state index in [9.17, 15) is 13.6 Å². The number of carbonyl (C=O) groups excluding carboxylic acids is 1. The molecule has 7 heteroatoms. The average molecular weight is 284 g/mol. The number of nitrogens with zero attached hydrogens (tertiary/aromatic N) is 1. The van der Waals surface area contributed by atoms with E-state index in [4.69, 9.17) is 23.2 Å². The van der Waals surface area contributed by atoms with Crippen molar-refractivity contribution in [2.45, 2.75) is 19.2 Å². The number of esters is 1. The highest BCUT2D eigenvalue weighted by Crippen LogP contribution is 2.30. The van der Waals surface area contributed by atoms with E-state index in [-0.39, 0.29) is 23.7 Å². The fourth-order valence-electron chi connectivity index (χ4n) is 1.23. The molecule has 1 aromatic rings. The first kappa shape index (κ1) is 14.1. The van der Waals surface area contributed by atoms with E-state index >= 15 is 0 Å². The molecule has 17 heavy (non-hydrogen) atoms. The minimum atomic E-state index is -2.90. The maximum Gasteiger partial charge on any atom is 0.338 e. The molecule has 0 saturated heterocycles. The van der Waals surface area contributed by atoms with E-state index in [1.807, 2.05) is 0 Å². The smallest absolute Gasteiger partial charge is 0.338 e. The van der Waals surface area contributed by atoms with E-state index in [1.165, 1.54) is 6.07 Å². The summed E-state index contributed by atoms with van der Waals surface area (Å²) in [6.45, 7) is 1.66. The molecule has 0 atom stereocenters. The Kier molecular flexibility index (Phi) is 5.08. The molecule has 0 aliphatic heterocycles. The number of aromatic nitrogens is 1. The van der Waals surface area contributed by atoms with Crippen LogP contribution in [-0.4, -0.2) is 17.6 Å². The van der Waals surface area contributed by atoms with Gasteiger partial charge in [0.1, 0.15) is 5.15 Å². The highest BCUT2D eigenvalue weighted by atomic mass is 35.5. The van der Waals surface area contributed by atoms with Crippen LogP contribution in [0, 0.1) is 0 Å². The molecule has 94 valence electrons. The van der Waals surface area contributed by atoms with E-state index in [0.29, 0.717) is 0 Å². The molecule has 1 aromatic heterocycles. The van der Waals surface area contributed by atoms with Crippen LogP contribution in [0.5, 0.6) is 0 Å². The highest BCUT2D eigenvalue weighted by molar-refractivity contribution is 6.30. The molecule has 0 aromatic carbocycles. The van der Waals surface area contributed by atoms with Crippen LogP contribution in [0.15, 0.2) is 6.07 Å². The highest BCUT2D eigenvalue weighted by Gasteiger charge is 2.24. The van der Waals surface area contributed by atoms with Crippen LogP contribution < -0.4 is 0 Å². The lowest BCUT2D eigenvalue weighted by molar-refractivity contribution is 0.0515. The molecule has 0 amide bonds. The zero-order valence-electron chi connectivity index (χ0n) is 8.84. The molecule has 0 saturated carbocycles. The Labute approximate surface area is 107 Å². The molecule has 0 radical (unpaired) electrons. The van der Waals surface area contributed by atoms with Crippen LogP contribution in [0.4, 0.5) is 8.78 Å². The van der Waals surface area contributed by atoms with Crippen LogP contribution in [0.1, 0.15) is 35.0 Å². The number of hydrogen-bond donors (Lipinski definition) is 0. The molecule has 1 heterocycles. The van der Waals surface area contributed by atoms with Crippen molar-refractivity contribution in [2.24, 2.45) is 0 Å². The van der Waals surface area contributed by atoms with Crippen LogP contribution in [0.3, 0.4) is 0 Å². The molecule has 3 nitrogen and oxygen atoms in total. The van der Waals surface area contributed by atoms with E-state index in [2.05, 4.69) is 9.72 Å². The molecular weight excluding hydrogens is 275 g/mol. The predicted molar refractivity (Wildman–Crippen MR) is 59.7 cm³/mol. The first-order chi connectivity index (χ1) is 8.01. The lowest BCUT2D eigenvalue weighted by Crippen LogP contribution is -2.11. The van der Waals surface area contributed by atoms with Gasteiger partial charge in [0, 0.05) is 0 Å². The molecule has 0 unspecified atom stereocenters. The fraction of sp³-hybridized carbons (Fsp3) is 0.400. The second-order valence-electron chi connectivity index (χ2n) is 3.02. The normalized spacial score (nSPS) is 10.7. The molecule has 0 spiro atoms. The van der Waals surface area contributed by atoms with Crippen molar-refractivity contribution in [2.75, 3.05) is 6.61 Å². The SMILES string of the molecule is CCOC(=O)c1cc(CCl)nc(Cl)c1C(F)F. The first-order valence-electron chi connectivity index (χ1n) is 4.71. The molecular formula is C10H9Cl2F2NO2. The summed E-state index contributed by atoms with van der Waals surface area (Å²) in [5.41, 5.74) is -0.680. The number of halogens is 4. The first-order valence-corrected chi connectivity index (χ1v) is 5.63. The van der Waals surface area contributed by atoms with Gasteiger partial charge in [-0.25, -0.2) is 18.6 Å². The summed E-state index contributed by atoms with van der Waals surface area (Å²) in [6, 6.07) is 1.17. The molecule has 0 N–H and O–H groups in total. The molecule has 0 fully saturated rings. The second-order valence-corrected chi connectivity index (χ2v) is 3.65. The van der Waals surface area contributed by atoms with Crippen LogP contribution in [0.25, 0.3) is 0 Å². The molecule has 1 rings (SSSR count). The average Bonchev–Trinajstić information content (AvgIpc) is 2.27. The van der Waals surface area contributed by atoms with Gasteiger partial charge < -0.3 is 4.74 Å². The van der Waals surface area contributed by atoms with Gasteiger partial charge in [-0.3, -0.25) is 0 Å². The lowest BCUT2D eigenvalue weighted by Gasteiger charge is -2.10. The van der Waals surface area contributed by atoms with Gasteiger partial charge >= 0.3 is 5.97 Å². The number of pyridine rings is 1. The summed E-state index contributed by atoms with van der Waals surface area (Å²) in [5.74, 6) is -0.895. The lowest BCUT2D eigenvalue weighted by atomic mass is 10.1. The van der Waals surface area contributed by atoms with E-state index < -0.39 is 23.1 Å². The van der Waals surface area contributed by atoms with Gasteiger partial charge in [0.15, 0.2) is 0 Å².